The first-order valence-corrected chi connectivity index (χ1v) is 6.33. The Hall–Kier alpha value is -1.35. The standard InChI is InChI=1S/C14H21N3/c1-4-6-10(2)14-16-13-11(9-15)7-5-8-12(13)17(14)3/h5,7-8,10H,4,6,9,15H2,1-3H3. The van der Waals surface area contributed by atoms with Crippen molar-refractivity contribution in [3.8, 4) is 0 Å². The van der Waals surface area contributed by atoms with Gasteiger partial charge in [-0.05, 0) is 18.1 Å². The highest BCUT2D eigenvalue weighted by atomic mass is 15.1. The summed E-state index contributed by atoms with van der Waals surface area (Å²) in [6.07, 6.45) is 2.36. The topological polar surface area (TPSA) is 43.8 Å². The minimum atomic E-state index is 0.503. The molecule has 1 atom stereocenters. The number of nitrogens with two attached hydrogens (primary N) is 1. The third-order valence-electron chi connectivity index (χ3n) is 3.41. The van der Waals surface area contributed by atoms with Crippen molar-refractivity contribution in [2.45, 2.75) is 39.2 Å². The maximum Gasteiger partial charge on any atom is 0.112 e. The van der Waals surface area contributed by atoms with Crippen molar-refractivity contribution in [3.63, 3.8) is 0 Å². The van der Waals surface area contributed by atoms with Gasteiger partial charge in [0.25, 0.3) is 0 Å². The Balaban J connectivity index is 2.56. The van der Waals surface area contributed by atoms with Gasteiger partial charge < -0.3 is 10.3 Å². The van der Waals surface area contributed by atoms with Crippen LogP contribution in [0.1, 0.15) is 44.0 Å². The van der Waals surface area contributed by atoms with Crippen LogP contribution >= 0.6 is 0 Å². The fourth-order valence-electron chi connectivity index (χ4n) is 2.46. The summed E-state index contributed by atoms with van der Waals surface area (Å²) >= 11 is 0. The van der Waals surface area contributed by atoms with Gasteiger partial charge in [0.1, 0.15) is 5.82 Å². The maximum atomic E-state index is 5.76. The summed E-state index contributed by atoms with van der Waals surface area (Å²) in [6.45, 7) is 5.01. The average molecular weight is 231 g/mol. The van der Waals surface area contributed by atoms with Crippen LogP contribution in [0.2, 0.25) is 0 Å². The lowest BCUT2D eigenvalue weighted by Crippen LogP contribution is -2.02. The van der Waals surface area contributed by atoms with E-state index in [9.17, 15) is 0 Å². The largest absolute Gasteiger partial charge is 0.331 e. The summed E-state index contributed by atoms with van der Waals surface area (Å²) < 4.78 is 2.20. The molecule has 0 amide bonds. The van der Waals surface area contributed by atoms with Crippen LogP contribution in [0.25, 0.3) is 11.0 Å². The van der Waals surface area contributed by atoms with Gasteiger partial charge >= 0.3 is 0 Å². The molecule has 2 rings (SSSR count). The molecule has 0 radical (unpaired) electrons. The molecular formula is C14H21N3. The zero-order valence-corrected chi connectivity index (χ0v) is 10.9. The second-order valence-corrected chi connectivity index (χ2v) is 4.71. The first-order chi connectivity index (χ1) is 8.19. The Labute approximate surface area is 103 Å². The summed E-state index contributed by atoms with van der Waals surface area (Å²) in [5.41, 5.74) is 9.14. The molecule has 3 heteroatoms. The molecule has 1 unspecified atom stereocenters. The molecule has 0 aliphatic heterocycles. The normalized spacial score (nSPS) is 13.2. The van der Waals surface area contributed by atoms with Gasteiger partial charge in [-0.25, -0.2) is 4.98 Å². The van der Waals surface area contributed by atoms with Crippen LogP contribution in [0.4, 0.5) is 0 Å². The number of hydrogen-bond donors (Lipinski definition) is 1. The third-order valence-corrected chi connectivity index (χ3v) is 3.41. The minimum Gasteiger partial charge on any atom is -0.331 e. The average Bonchev–Trinajstić information content (AvgIpc) is 2.67. The van der Waals surface area contributed by atoms with E-state index in [-0.39, 0.29) is 0 Å². The van der Waals surface area contributed by atoms with Crippen molar-refractivity contribution < 1.29 is 0 Å². The maximum absolute atomic E-state index is 5.76. The molecule has 2 N–H and O–H groups in total. The van der Waals surface area contributed by atoms with E-state index in [1.165, 1.54) is 24.2 Å². The molecule has 92 valence electrons. The van der Waals surface area contributed by atoms with Crippen molar-refractivity contribution in [2.24, 2.45) is 12.8 Å². The zero-order valence-electron chi connectivity index (χ0n) is 10.9. The Bertz CT molecular complexity index is 513. The molecule has 0 aliphatic rings. The molecule has 2 aromatic rings. The van der Waals surface area contributed by atoms with E-state index in [4.69, 9.17) is 10.7 Å². The van der Waals surface area contributed by atoms with E-state index in [0.717, 1.165) is 11.1 Å². The summed E-state index contributed by atoms with van der Waals surface area (Å²) in [5, 5.41) is 0. The number of nitrogens with zero attached hydrogens (tertiary/aromatic N) is 2. The Morgan fingerprint density at radius 2 is 2.18 bits per heavy atom. The summed E-state index contributed by atoms with van der Waals surface area (Å²) in [5.74, 6) is 1.67. The van der Waals surface area contributed by atoms with Gasteiger partial charge in [-0.1, -0.05) is 32.4 Å². The molecule has 1 aromatic carbocycles. The molecule has 0 bridgehead atoms. The monoisotopic (exact) mass is 231 g/mol. The van der Waals surface area contributed by atoms with Crippen molar-refractivity contribution in [1.82, 2.24) is 9.55 Å². The number of aryl methyl sites for hydroxylation is 1. The van der Waals surface area contributed by atoms with Crippen LogP contribution in [0.3, 0.4) is 0 Å². The van der Waals surface area contributed by atoms with Crippen molar-refractivity contribution >= 4 is 11.0 Å². The van der Waals surface area contributed by atoms with Crippen LogP contribution in [0.5, 0.6) is 0 Å². The number of para-hydroxylation sites is 1. The number of benzene rings is 1. The van der Waals surface area contributed by atoms with E-state index >= 15 is 0 Å². The first kappa shape index (κ1) is 12.1. The second-order valence-electron chi connectivity index (χ2n) is 4.71. The Morgan fingerprint density at radius 1 is 1.41 bits per heavy atom. The van der Waals surface area contributed by atoms with Gasteiger partial charge in [-0.15, -0.1) is 0 Å². The molecule has 0 aliphatic carbocycles. The van der Waals surface area contributed by atoms with Crippen LogP contribution in [0, 0.1) is 0 Å². The van der Waals surface area contributed by atoms with Crippen LogP contribution < -0.4 is 5.73 Å². The van der Waals surface area contributed by atoms with Gasteiger partial charge in [-0.2, -0.15) is 0 Å². The molecule has 3 nitrogen and oxygen atoms in total. The van der Waals surface area contributed by atoms with E-state index in [1.54, 1.807) is 0 Å². The number of aromatic nitrogens is 2. The smallest absolute Gasteiger partial charge is 0.112 e. The van der Waals surface area contributed by atoms with Crippen molar-refractivity contribution in [1.29, 1.82) is 0 Å². The van der Waals surface area contributed by atoms with Gasteiger partial charge in [0, 0.05) is 19.5 Å². The second kappa shape index (κ2) is 4.88. The molecular weight excluding hydrogens is 210 g/mol. The fourth-order valence-corrected chi connectivity index (χ4v) is 2.46. The predicted molar refractivity (Wildman–Crippen MR) is 71.9 cm³/mol. The lowest BCUT2D eigenvalue weighted by molar-refractivity contribution is 0.606. The lowest BCUT2D eigenvalue weighted by Gasteiger charge is -2.09. The third kappa shape index (κ3) is 2.07. The molecule has 1 heterocycles. The number of imidazole rings is 1. The highest BCUT2D eigenvalue weighted by Crippen LogP contribution is 2.25. The van der Waals surface area contributed by atoms with Gasteiger partial charge in [-0.3, -0.25) is 0 Å². The van der Waals surface area contributed by atoms with E-state index < -0.39 is 0 Å². The van der Waals surface area contributed by atoms with Crippen molar-refractivity contribution in [2.75, 3.05) is 0 Å². The van der Waals surface area contributed by atoms with E-state index in [0.29, 0.717) is 12.5 Å². The minimum absolute atomic E-state index is 0.503. The van der Waals surface area contributed by atoms with Gasteiger partial charge in [0.05, 0.1) is 11.0 Å². The van der Waals surface area contributed by atoms with Crippen LogP contribution in [-0.4, -0.2) is 9.55 Å². The number of fused-ring (bicyclic) bond motifs is 1. The number of rotatable bonds is 4. The first-order valence-electron chi connectivity index (χ1n) is 6.33. The zero-order chi connectivity index (χ0) is 12.4. The van der Waals surface area contributed by atoms with E-state index in [2.05, 4.69) is 43.7 Å². The summed E-state index contributed by atoms with van der Waals surface area (Å²) in [6, 6.07) is 6.23. The molecule has 0 saturated carbocycles. The Morgan fingerprint density at radius 3 is 2.82 bits per heavy atom. The molecule has 0 spiro atoms. The highest BCUT2D eigenvalue weighted by Gasteiger charge is 2.15. The van der Waals surface area contributed by atoms with Gasteiger partial charge in [0.15, 0.2) is 0 Å². The Kier molecular flexibility index (Phi) is 3.48. The van der Waals surface area contributed by atoms with E-state index in [1.807, 2.05) is 0 Å². The number of hydrogen-bond acceptors (Lipinski definition) is 2. The molecule has 0 fully saturated rings. The quantitative estimate of drug-likeness (QED) is 0.879. The lowest BCUT2D eigenvalue weighted by atomic mass is 10.1. The van der Waals surface area contributed by atoms with Gasteiger partial charge in [0.2, 0.25) is 0 Å². The highest BCUT2D eigenvalue weighted by molar-refractivity contribution is 5.79. The predicted octanol–water partition coefficient (Wildman–Crippen LogP) is 2.94. The SMILES string of the molecule is CCCC(C)c1nc2c(CN)cccc2n1C. The molecule has 0 saturated heterocycles. The van der Waals surface area contributed by atoms with Crippen molar-refractivity contribution in [3.05, 3.63) is 29.6 Å². The summed E-state index contributed by atoms with van der Waals surface area (Å²) in [7, 11) is 2.09. The van der Waals surface area contributed by atoms with Crippen LogP contribution in [-0.2, 0) is 13.6 Å². The fraction of sp³-hybridized carbons (Fsp3) is 0.500. The summed E-state index contributed by atoms with van der Waals surface area (Å²) in [4.78, 5) is 4.78. The molecule has 1 aromatic heterocycles. The van der Waals surface area contributed by atoms with Crippen LogP contribution in [0.15, 0.2) is 18.2 Å². The molecule has 17 heavy (non-hydrogen) atoms.